The van der Waals surface area contributed by atoms with Crippen LogP contribution < -0.4 is 4.74 Å². The number of likely N-dealkylation sites (tertiary alicyclic amines) is 1. The normalized spacial score (nSPS) is 15.6. The third kappa shape index (κ3) is 5.10. The largest absolute Gasteiger partial charge is 0.489 e. The van der Waals surface area contributed by atoms with Crippen LogP contribution in [0.1, 0.15) is 37.8 Å². The third-order valence-corrected chi connectivity index (χ3v) is 5.61. The molecule has 1 amide bonds. The van der Waals surface area contributed by atoms with Crippen molar-refractivity contribution >= 4 is 22.0 Å². The highest BCUT2D eigenvalue weighted by molar-refractivity contribution is 9.10. The fraction of sp³-hybridized carbons (Fsp3) is 0.391. The lowest BCUT2D eigenvalue weighted by Crippen LogP contribution is -2.45. The van der Waals surface area contributed by atoms with Crippen LogP contribution in [0.3, 0.4) is 0 Å². The Morgan fingerprint density at radius 3 is 2.52 bits per heavy atom. The Kier molecular flexibility index (Phi) is 6.81. The number of nitrogens with zero attached hydrogens (tertiary/aromatic N) is 2. The predicted octanol–water partition coefficient (Wildman–Crippen LogP) is 5.43. The van der Waals surface area contributed by atoms with Crippen molar-refractivity contribution in [2.45, 2.75) is 44.8 Å². The van der Waals surface area contributed by atoms with Crippen LogP contribution in [0.15, 0.2) is 53.0 Å². The molecule has 0 unspecified atom stereocenters. The van der Waals surface area contributed by atoms with E-state index < -0.39 is 5.41 Å². The van der Waals surface area contributed by atoms with Gasteiger partial charge in [0.25, 0.3) is 0 Å². The van der Waals surface area contributed by atoms with E-state index >= 15 is 0 Å². The molecule has 152 valence electrons. The summed E-state index contributed by atoms with van der Waals surface area (Å²) in [5.74, 6) is 0.705. The van der Waals surface area contributed by atoms with Gasteiger partial charge in [-0.15, -0.1) is 0 Å². The van der Waals surface area contributed by atoms with Crippen LogP contribution in [0.5, 0.6) is 5.75 Å². The van der Waals surface area contributed by atoms with E-state index in [2.05, 4.69) is 22.0 Å². The Bertz CT molecular complexity index is 885. The number of piperidine rings is 1. The molecule has 0 aliphatic carbocycles. The summed E-state index contributed by atoms with van der Waals surface area (Å²) < 4.78 is 12.3. The van der Waals surface area contributed by atoms with Crippen molar-refractivity contribution in [2.75, 3.05) is 13.1 Å². The Morgan fingerprint density at radius 2 is 1.90 bits per heavy atom. The second-order valence-electron chi connectivity index (χ2n) is 7.53. The van der Waals surface area contributed by atoms with Crippen molar-refractivity contribution in [1.82, 2.24) is 4.90 Å². The molecule has 1 heterocycles. The van der Waals surface area contributed by atoms with Gasteiger partial charge in [-0.1, -0.05) is 46.3 Å². The molecule has 0 N–H and O–H groups in total. The maximum absolute atomic E-state index is 12.2. The first-order valence-corrected chi connectivity index (χ1v) is 10.6. The molecule has 0 saturated carbocycles. The van der Waals surface area contributed by atoms with Crippen molar-refractivity contribution < 1.29 is 14.3 Å². The second-order valence-corrected chi connectivity index (χ2v) is 8.44. The van der Waals surface area contributed by atoms with Crippen LogP contribution in [0.2, 0.25) is 0 Å². The van der Waals surface area contributed by atoms with Crippen molar-refractivity contribution in [1.29, 1.82) is 5.26 Å². The number of rotatable bonds is 5. The highest BCUT2D eigenvalue weighted by Crippen LogP contribution is 2.41. The molecule has 0 bridgehead atoms. The monoisotopic (exact) mass is 456 g/mol. The van der Waals surface area contributed by atoms with Crippen molar-refractivity contribution in [3.05, 3.63) is 64.1 Å². The first kappa shape index (κ1) is 21.2. The van der Waals surface area contributed by atoms with Gasteiger partial charge in [0.1, 0.15) is 12.4 Å². The van der Waals surface area contributed by atoms with E-state index in [4.69, 9.17) is 9.47 Å². The van der Waals surface area contributed by atoms with E-state index in [9.17, 15) is 10.1 Å². The standard InChI is InChI=1S/C23H25BrN2O3/c1-17(2)29-22(27)26-12-10-23(16-25,11-13-26)20-14-19(24)8-9-21(20)28-15-18-6-4-3-5-7-18/h3-9,14,17H,10-13,15H2,1-2H3. The van der Waals surface area contributed by atoms with Gasteiger partial charge in [-0.05, 0) is 50.5 Å². The quantitative estimate of drug-likeness (QED) is 0.601. The minimum absolute atomic E-state index is 0.159. The van der Waals surface area contributed by atoms with E-state index in [1.54, 1.807) is 4.90 Å². The Hall–Kier alpha value is -2.52. The maximum atomic E-state index is 12.2. The fourth-order valence-corrected chi connectivity index (χ4v) is 3.89. The van der Waals surface area contributed by atoms with Gasteiger partial charge >= 0.3 is 6.09 Å². The number of hydrogen-bond acceptors (Lipinski definition) is 4. The first-order valence-electron chi connectivity index (χ1n) is 9.77. The third-order valence-electron chi connectivity index (χ3n) is 5.12. The van der Waals surface area contributed by atoms with Crippen molar-refractivity contribution in [3.8, 4) is 11.8 Å². The van der Waals surface area contributed by atoms with Crippen molar-refractivity contribution in [2.24, 2.45) is 0 Å². The summed E-state index contributed by atoms with van der Waals surface area (Å²) in [6.07, 6.45) is 0.596. The average Bonchev–Trinajstić information content (AvgIpc) is 2.73. The Morgan fingerprint density at radius 1 is 1.21 bits per heavy atom. The summed E-state index contributed by atoms with van der Waals surface area (Å²) >= 11 is 3.53. The van der Waals surface area contributed by atoms with Crippen molar-refractivity contribution in [3.63, 3.8) is 0 Å². The van der Waals surface area contributed by atoms with E-state index in [-0.39, 0.29) is 12.2 Å². The number of amides is 1. The molecule has 0 radical (unpaired) electrons. The van der Waals surface area contributed by atoms with Gasteiger partial charge in [0, 0.05) is 23.1 Å². The molecule has 1 fully saturated rings. The van der Waals surface area contributed by atoms with Gasteiger partial charge in [0.2, 0.25) is 0 Å². The minimum Gasteiger partial charge on any atom is -0.489 e. The molecule has 1 saturated heterocycles. The molecule has 3 rings (SSSR count). The van der Waals surface area contributed by atoms with Gasteiger partial charge in [0.15, 0.2) is 0 Å². The van der Waals surface area contributed by atoms with Crippen LogP contribution in [0.4, 0.5) is 4.79 Å². The number of hydrogen-bond donors (Lipinski definition) is 0. The lowest BCUT2D eigenvalue weighted by atomic mass is 9.73. The molecule has 6 heteroatoms. The molecule has 5 nitrogen and oxygen atoms in total. The highest BCUT2D eigenvalue weighted by Gasteiger charge is 2.40. The SMILES string of the molecule is CC(C)OC(=O)N1CCC(C#N)(c2cc(Br)ccc2OCc2ccccc2)CC1. The van der Waals surface area contributed by atoms with Crippen LogP contribution in [0, 0.1) is 11.3 Å². The van der Waals surface area contributed by atoms with Crippen LogP contribution in [-0.2, 0) is 16.8 Å². The molecule has 1 aliphatic rings. The van der Waals surface area contributed by atoms with Gasteiger partial charge < -0.3 is 14.4 Å². The Labute approximate surface area is 180 Å². The van der Waals surface area contributed by atoms with Gasteiger partial charge in [-0.25, -0.2) is 4.79 Å². The molecule has 0 spiro atoms. The van der Waals surface area contributed by atoms with E-state index in [0.717, 1.165) is 15.6 Å². The number of halogens is 1. The second kappa shape index (κ2) is 9.32. The molecular weight excluding hydrogens is 432 g/mol. The number of carbonyl (C=O) groups is 1. The fourth-order valence-electron chi connectivity index (χ4n) is 3.53. The van der Waals surface area contributed by atoms with Gasteiger partial charge in [0.05, 0.1) is 17.6 Å². The number of nitriles is 1. The number of benzene rings is 2. The molecular formula is C23H25BrN2O3. The average molecular weight is 457 g/mol. The smallest absolute Gasteiger partial charge is 0.410 e. The molecule has 0 aromatic heterocycles. The first-order chi connectivity index (χ1) is 13.9. The molecule has 2 aromatic carbocycles. The van der Waals surface area contributed by atoms with E-state index in [1.807, 2.05) is 62.4 Å². The zero-order valence-corrected chi connectivity index (χ0v) is 18.3. The predicted molar refractivity (Wildman–Crippen MR) is 115 cm³/mol. The molecule has 0 atom stereocenters. The summed E-state index contributed by atoms with van der Waals surface area (Å²) in [5.41, 5.74) is 1.23. The van der Waals surface area contributed by atoms with Crippen LogP contribution in [0.25, 0.3) is 0 Å². The summed E-state index contributed by atoms with van der Waals surface area (Å²) in [6.45, 7) is 5.05. The lowest BCUT2D eigenvalue weighted by Gasteiger charge is -2.38. The number of ether oxygens (including phenoxy) is 2. The Balaban J connectivity index is 1.80. The maximum Gasteiger partial charge on any atom is 0.410 e. The summed E-state index contributed by atoms with van der Waals surface area (Å²) in [6, 6.07) is 18.3. The minimum atomic E-state index is -0.704. The van der Waals surface area contributed by atoms with E-state index in [1.165, 1.54) is 0 Å². The topological polar surface area (TPSA) is 62.6 Å². The highest BCUT2D eigenvalue weighted by atomic mass is 79.9. The summed E-state index contributed by atoms with van der Waals surface area (Å²) in [7, 11) is 0. The molecule has 29 heavy (non-hydrogen) atoms. The molecule has 1 aliphatic heterocycles. The van der Waals surface area contributed by atoms with E-state index in [0.29, 0.717) is 38.3 Å². The summed E-state index contributed by atoms with van der Waals surface area (Å²) in [4.78, 5) is 13.9. The number of carbonyl (C=O) groups excluding carboxylic acids is 1. The lowest BCUT2D eigenvalue weighted by molar-refractivity contribution is 0.0654. The van der Waals surface area contributed by atoms with Crippen LogP contribution in [-0.4, -0.2) is 30.2 Å². The summed E-state index contributed by atoms with van der Waals surface area (Å²) in [5, 5.41) is 10.1. The zero-order valence-electron chi connectivity index (χ0n) is 16.7. The zero-order chi connectivity index (χ0) is 20.9. The van der Waals surface area contributed by atoms with Gasteiger partial charge in [-0.3, -0.25) is 0 Å². The molecule has 2 aromatic rings. The van der Waals surface area contributed by atoms with Crippen LogP contribution >= 0.6 is 15.9 Å². The van der Waals surface area contributed by atoms with Gasteiger partial charge in [-0.2, -0.15) is 5.26 Å².